The highest BCUT2D eigenvalue weighted by molar-refractivity contribution is 7.89. The van der Waals surface area contributed by atoms with E-state index < -0.39 is 20.9 Å². The largest absolute Gasteiger partial charge is 0.496 e. The van der Waals surface area contributed by atoms with Crippen LogP contribution in [0.5, 0.6) is 5.75 Å². The molecule has 1 aliphatic rings. The third-order valence-corrected chi connectivity index (χ3v) is 7.44. The zero-order chi connectivity index (χ0) is 23.5. The molecule has 3 rings (SSSR count). The highest BCUT2D eigenvalue weighted by Crippen LogP contribution is 2.32. The summed E-state index contributed by atoms with van der Waals surface area (Å²) in [5.41, 5.74) is 1.45. The maximum absolute atomic E-state index is 12.8. The van der Waals surface area contributed by atoms with Gasteiger partial charge in [0.1, 0.15) is 11.4 Å². The summed E-state index contributed by atoms with van der Waals surface area (Å²) in [4.78, 5) is 25.4. The Bertz CT molecular complexity index is 1130. The van der Waals surface area contributed by atoms with Crippen LogP contribution in [0.25, 0.3) is 0 Å². The summed E-state index contributed by atoms with van der Waals surface area (Å²) in [5, 5.41) is 13.9. The normalized spacial score (nSPS) is 13.2. The molecule has 0 saturated carbocycles. The summed E-state index contributed by atoms with van der Waals surface area (Å²) in [6.45, 7) is 4.89. The molecule has 1 N–H and O–H groups in total. The average molecular weight is 463 g/mol. The number of carbonyl (C=O) groups excluding carboxylic acids is 1. The summed E-state index contributed by atoms with van der Waals surface area (Å²) in [7, 11) is -2.16. The van der Waals surface area contributed by atoms with Gasteiger partial charge in [-0.15, -0.1) is 0 Å². The Morgan fingerprint density at radius 3 is 2.56 bits per heavy atom. The second-order valence-corrected chi connectivity index (χ2v) is 9.18. The number of anilines is 2. The molecule has 0 radical (unpaired) electrons. The zero-order valence-corrected chi connectivity index (χ0v) is 19.0. The summed E-state index contributed by atoms with van der Waals surface area (Å²) >= 11 is 0. The van der Waals surface area contributed by atoms with Gasteiger partial charge in [0, 0.05) is 25.3 Å². The lowest BCUT2D eigenvalue weighted by Gasteiger charge is -2.21. The van der Waals surface area contributed by atoms with Crippen molar-refractivity contribution in [3.05, 3.63) is 52.1 Å². The molecule has 172 valence electrons. The smallest absolute Gasteiger partial charge is 0.296 e. The summed E-state index contributed by atoms with van der Waals surface area (Å²) in [5.74, 6) is -0.0930. The van der Waals surface area contributed by atoms with Crippen LogP contribution < -0.4 is 15.0 Å². The van der Waals surface area contributed by atoms with E-state index in [9.17, 15) is 23.3 Å². The first-order valence-corrected chi connectivity index (χ1v) is 11.7. The molecule has 0 bridgehead atoms. The predicted molar refractivity (Wildman–Crippen MR) is 121 cm³/mol. The predicted octanol–water partition coefficient (Wildman–Crippen LogP) is 2.64. The van der Waals surface area contributed by atoms with Crippen LogP contribution in [-0.4, -0.2) is 56.8 Å². The molecule has 2 aromatic rings. The van der Waals surface area contributed by atoms with Crippen LogP contribution in [0.3, 0.4) is 0 Å². The third-order valence-electron chi connectivity index (χ3n) is 5.40. The van der Waals surface area contributed by atoms with Gasteiger partial charge in [-0.1, -0.05) is 13.8 Å². The Morgan fingerprint density at radius 1 is 1.22 bits per heavy atom. The lowest BCUT2D eigenvalue weighted by molar-refractivity contribution is -0.384. The van der Waals surface area contributed by atoms with Gasteiger partial charge in [-0.2, -0.15) is 4.31 Å². The van der Waals surface area contributed by atoms with Crippen molar-refractivity contribution in [1.82, 2.24) is 4.31 Å². The average Bonchev–Trinajstić information content (AvgIpc) is 3.16. The third kappa shape index (κ3) is 4.68. The van der Waals surface area contributed by atoms with Crippen molar-refractivity contribution in [3.63, 3.8) is 0 Å². The van der Waals surface area contributed by atoms with Gasteiger partial charge < -0.3 is 15.0 Å². The maximum atomic E-state index is 12.8. The molecule has 1 amide bonds. The Morgan fingerprint density at radius 2 is 1.94 bits per heavy atom. The minimum atomic E-state index is -3.56. The number of nitrogens with zero attached hydrogens (tertiary/aromatic N) is 3. The van der Waals surface area contributed by atoms with Gasteiger partial charge in [0.2, 0.25) is 15.9 Å². The summed E-state index contributed by atoms with van der Waals surface area (Å²) in [6.07, 6.45) is 0.604. The van der Waals surface area contributed by atoms with E-state index in [1.54, 1.807) is 32.0 Å². The fourth-order valence-electron chi connectivity index (χ4n) is 3.74. The van der Waals surface area contributed by atoms with Gasteiger partial charge in [-0.3, -0.25) is 14.9 Å². The van der Waals surface area contributed by atoms with Crippen molar-refractivity contribution in [2.45, 2.75) is 25.2 Å². The van der Waals surface area contributed by atoms with Crippen LogP contribution in [0.1, 0.15) is 19.4 Å². The first-order valence-electron chi connectivity index (χ1n) is 10.2. The quantitative estimate of drug-likeness (QED) is 0.449. The van der Waals surface area contributed by atoms with E-state index in [4.69, 9.17) is 4.74 Å². The highest BCUT2D eigenvalue weighted by Gasteiger charge is 2.27. The SMILES string of the molecule is CCN(CC)S(=O)(=O)c1ccc2c(c1)CCN2CC(=O)Nc1ccc(OC)cc1[N+](=O)[O-]. The number of nitro benzene ring substituents is 1. The molecule has 0 saturated heterocycles. The van der Waals surface area contributed by atoms with E-state index in [1.807, 2.05) is 4.90 Å². The number of rotatable bonds is 9. The number of hydrogen-bond donors (Lipinski definition) is 1. The Balaban J connectivity index is 1.76. The fraction of sp³-hybridized carbons (Fsp3) is 0.381. The number of sulfonamides is 1. The van der Waals surface area contributed by atoms with Crippen LogP contribution in [0.2, 0.25) is 0 Å². The van der Waals surface area contributed by atoms with E-state index in [2.05, 4.69) is 5.32 Å². The van der Waals surface area contributed by atoms with Crippen LogP contribution in [0.15, 0.2) is 41.3 Å². The van der Waals surface area contributed by atoms with Crippen LogP contribution in [-0.2, 0) is 21.2 Å². The summed E-state index contributed by atoms with van der Waals surface area (Å²) < 4.78 is 31.9. The van der Waals surface area contributed by atoms with E-state index in [0.29, 0.717) is 31.8 Å². The molecular weight excluding hydrogens is 436 g/mol. The molecule has 0 atom stereocenters. The fourth-order valence-corrected chi connectivity index (χ4v) is 5.25. The van der Waals surface area contributed by atoms with E-state index in [1.165, 1.54) is 29.6 Å². The molecule has 0 fully saturated rings. The minimum absolute atomic E-state index is 0.0156. The lowest BCUT2D eigenvalue weighted by atomic mass is 10.2. The van der Waals surface area contributed by atoms with Crippen molar-refractivity contribution in [1.29, 1.82) is 0 Å². The molecule has 1 heterocycles. The van der Waals surface area contributed by atoms with Crippen LogP contribution in [0, 0.1) is 10.1 Å². The first-order chi connectivity index (χ1) is 15.2. The van der Waals surface area contributed by atoms with Crippen LogP contribution >= 0.6 is 0 Å². The molecule has 0 unspecified atom stereocenters. The molecular formula is C21H26N4O6S. The summed E-state index contributed by atoms with van der Waals surface area (Å²) in [6, 6.07) is 9.13. The van der Waals surface area contributed by atoms with Gasteiger partial charge in [0.15, 0.2) is 0 Å². The number of fused-ring (bicyclic) bond motifs is 1. The number of ether oxygens (including phenoxy) is 1. The van der Waals surface area contributed by atoms with Crippen molar-refractivity contribution < 1.29 is 22.9 Å². The standard InChI is InChI=1S/C21H26N4O6S/c1-4-24(5-2)32(29,30)17-7-9-19-15(12-17)10-11-23(19)14-21(26)22-18-8-6-16(31-3)13-20(18)25(27)28/h6-9,12-13H,4-5,10-11,14H2,1-3H3,(H,22,26). The van der Waals surface area contributed by atoms with E-state index in [0.717, 1.165) is 11.3 Å². The monoisotopic (exact) mass is 462 g/mol. The van der Waals surface area contributed by atoms with E-state index in [-0.39, 0.29) is 22.8 Å². The van der Waals surface area contributed by atoms with Gasteiger partial charge in [-0.05, 0) is 42.3 Å². The number of benzene rings is 2. The minimum Gasteiger partial charge on any atom is -0.496 e. The van der Waals surface area contributed by atoms with Gasteiger partial charge in [0.05, 0.1) is 29.5 Å². The van der Waals surface area contributed by atoms with Gasteiger partial charge in [0.25, 0.3) is 5.69 Å². The number of hydrogen-bond acceptors (Lipinski definition) is 7. The zero-order valence-electron chi connectivity index (χ0n) is 18.2. The number of amides is 1. The molecule has 0 aliphatic carbocycles. The second kappa shape index (κ2) is 9.53. The van der Waals surface area contributed by atoms with Crippen molar-refractivity contribution >= 4 is 33.0 Å². The molecule has 11 heteroatoms. The molecule has 0 spiro atoms. The van der Waals surface area contributed by atoms with Gasteiger partial charge in [-0.25, -0.2) is 8.42 Å². The molecule has 32 heavy (non-hydrogen) atoms. The van der Waals surface area contributed by atoms with Crippen LogP contribution in [0.4, 0.5) is 17.1 Å². The second-order valence-electron chi connectivity index (χ2n) is 7.24. The first kappa shape index (κ1) is 23.5. The van der Waals surface area contributed by atoms with Crippen molar-refractivity contribution in [2.24, 2.45) is 0 Å². The van der Waals surface area contributed by atoms with E-state index >= 15 is 0 Å². The maximum Gasteiger partial charge on any atom is 0.296 e. The highest BCUT2D eigenvalue weighted by atomic mass is 32.2. The lowest BCUT2D eigenvalue weighted by Crippen LogP contribution is -2.32. The molecule has 1 aliphatic heterocycles. The number of nitrogens with one attached hydrogen (secondary N) is 1. The van der Waals surface area contributed by atoms with Crippen molar-refractivity contribution in [2.75, 3.05) is 43.5 Å². The Hall–Kier alpha value is -3.18. The number of nitro groups is 1. The van der Waals surface area contributed by atoms with Gasteiger partial charge >= 0.3 is 0 Å². The van der Waals surface area contributed by atoms with Crippen molar-refractivity contribution in [3.8, 4) is 5.75 Å². The molecule has 0 aromatic heterocycles. The number of carbonyl (C=O) groups is 1. The topological polar surface area (TPSA) is 122 Å². The molecule has 2 aromatic carbocycles. The Kier molecular flexibility index (Phi) is 6.99. The Labute approximate surface area is 187 Å². The molecule has 10 nitrogen and oxygen atoms in total. The number of methoxy groups -OCH3 is 1.